The maximum Gasteiger partial charge on any atom is 0.245 e. The Labute approximate surface area is 82.3 Å². The Balaban J connectivity index is 2.22. The summed E-state index contributed by atoms with van der Waals surface area (Å²) in [5.74, 6) is 0.734. The van der Waals surface area contributed by atoms with Crippen molar-refractivity contribution < 1.29 is 9.53 Å². The minimum atomic E-state index is -0.116. The molecule has 0 aliphatic carbocycles. The molecule has 1 aromatic rings. The Kier molecular flexibility index (Phi) is 4.06. The molecule has 78 valence electrons. The van der Waals surface area contributed by atoms with Crippen molar-refractivity contribution in [3.05, 3.63) is 12.2 Å². The highest BCUT2D eigenvalue weighted by molar-refractivity contribution is 5.77. The lowest BCUT2D eigenvalue weighted by molar-refractivity contribution is -0.124. The summed E-state index contributed by atoms with van der Waals surface area (Å²) < 4.78 is 6.49. The second-order valence-electron chi connectivity index (χ2n) is 2.89. The number of methoxy groups -OCH3 is 1. The molecule has 14 heavy (non-hydrogen) atoms. The molecule has 0 bridgehead atoms. The van der Waals surface area contributed by atoms with Crippen molar-refractivity contribution >= 4 is 5.91 Å². The van der Waals surface area contributed by atoms with Gasteiger partial charge in [-0.2, -0.15) is 0 Å². The number of rotatable bonds is 5. The van der Waals surface area contributed by atoms with Crippen LogP contribution in [-0.4, -0.2) is 40.9 Å². The first-order valence-corrected chi connectivity index (χ1v) is 4.32. The van der Waals surface area contributed by atoms with Crippen molar-refractivity contribution in [1.29, 1.82) is 0 Å². The monoisotopic (exact) mass is 198 g/mol. The SMILES string of the molecule is COCC(=O)NCCc1nncn1C. The van der Waals surface area contributed by atoms with Crippen molar-refractivity contribution in [3.8, 4) is 0 Å². The summed E-state index contributed by atoms with van der Waals surface area (Å²) in [7, 11) is 3.36. The van der Waals surface area contributed by atoms with Crippen LogP contribution < -0.4 is 5.32 Å². The molecule has 0 fully saturated rings. The van der Waals surface area contributed by atoms with Crippen molar-refractivity contribution in [1.82, 2.24) is 20.1 Å². The van der Waals surface area contributed by atoms with Crippen LogP contribution in [0.25, 0.3) is 0 Å². The fraction of sp³-hybridized carbons (Fsp3) is 0.625. The number of aromatic nitrogens is 3. The zero-order valence-corrected chi connectivity index (χ0v) is 8.36. The third-order valence-corrected chi connectivity index (χ3v) is 1.75. The summed E-state index contributed by atoms with van der Waals surface area (Å²) in [4.78, 5) is 11.0. The molecule has 6 nitrogen and oxygen atoms in total. The van der Waals surface area contributed by atoms with Crippen molar-refractivity contribution in [2.75, 3.05) is 20.3 Å². The second-order valence-corrected chi connectivity index (χ2v) is 2.89. The lowest BCUT2D eigenvalue weighted by Crippen LogP contribution is -2.29. The third-order valence-electron chi connectivity index (χ3n) is 1.75. The zero-order valence-electron chi connectivity index (χ0n) is 8.36. The van der Waals surface area contributed by atoms with Crippen LogP contribution in [0, 0.1) is 0 Å². The number of amides is 1. The number of hydrogen-bond donors (Lipinski definition) is 1. The highest BCUT2D eigenvalue weighted by Crippen LogP contribution is 1.90. The number of hydrogen-bond acceptors (Lipinski definition) is 4. The molecule has 0 spiro atoms. The smallest absolute Gasteiger partial charge is 0.245 e. The van der Waals surface area contributed by atoms with E-state index in [1.165, 1.54) is 7.11 Å². The Morgan fingerprint density at radius 3 is 3.07 bits per heavy atom. The Morgan fingerprint density at radius 2 is 2.50 bits per heavy atom. The molecule has 0 aliphatic rings. The summed E-state index contributed by atoms with van der Waals surface area (Å²) >= 11 is 0. The van der Waals surface area contributed by atoms with Gasteiger partial charge in [-0.05, 0) is 0 Å². The summed E-state index contributed by atoms with van der Waals surface area (Å²) in [6.07, 6.45) is 2.30. The fourth-order valence-electron chi connectivity index (χ4n) is 1.03. The molecule has 0 aliphatic heterocycles. The Hall–Kier alpha value is -1.43. The summed E-state index contributed by atoms with van der Waals surface area (Å²) in [6.45, 7) is 0.646. The van der Waals surface area contributed by atoms with Crippen molar-refractivity contribution in [3.63, 3.8) is 0 Å². The van der Waals surface area contributed by atoms with E-state index >= 15 is 0 Å². The zero-order chi connectivity index (χ0) is 10.4. The fourth-order valence-corrected chi connectivity index (χ4v) is 1.03. The Bertz CT molecular complexity index is 297. The highest BCUT2D eigenvalue weighted by atomic mass is 16.5. The molecular weight excluding hydrogens is 184 g/mol. The van der Waals surface area contributed by atoms with E-state index in [0.29, 0.717) is 13.0 Å². The normalized spacial score (nSPS) is 10.1. The number of aryl methyl sites for hydroxylation is 1. The molecule has 0 aromatic carbocycles. The Morgan fingerprint density at radius 1 is 1.71 bits per heavy atom. The van der Waals surface area contributed by atoms with Crippen LogP contribution in [0.2, 0.25) is 0 Å². The van der Waals surface area contributed by atoms with Gasteiger partial charge in [-0.15, -0.1) is 10.2 Å². The van der Waals surface area contributed by atoms with Gasteiger partial charge in [0, 0.05) is 27.1 Å². The van der Waals surface area contributed by atoms with Gasteiger partial charge in [0.05, 0.1) is 0 Å². The molecule has 0 radical (unpaired) electrons. The van der Waals surface area contributed by atoms with E-state index < -0.39 is 0 Å². The molecule has 1 aromatic heterocycles. The summed E-state index contributed by atoms with van der Waals surface area (Å²) in [5, 5.41) is 10.3. The number of nitrogens with zero attached hydrogens (tertiary/aromatic N) is 3. The number of carbonyl (C=O) groups excluding carboxylic acids is 1. The van der Waals surface area contributed by atoms with E-state index in [0.717, 1.165) is 5.82 Å². The lowest BCUT2D eigenvalue weighted by atomic mass is 10.4. The molecule has 0 atom stereocenters. The van der Waals surface area contributed by atoms with Gasteiger partial charge < -0.3 is 14.6 Å². The first kappa shape index (κ1) is 10.6. The van der Waals surface area contributed by atoms with Gasteiger partial charge in [-0.1, -0.05) is 0 Å². The second kappa shape index (κ2) is 5.33. The molecule has 6 heteroatoms. The van der Waals surface area contributed by atoms with Gasteiger partial charge in [-0.25, -0.2) is 0 Å². The predicted molar refractivity (Wildman–Crippen MR) is 49.6 cm³/mol. The molecule has 1 amide bonds. The minimum absolute atomic E-state index is 0.0960. The average molecular weight is 198 g/mol. The standard InChI is InChI=1S/C8H14N4O2/c1-12-6-10-11-7(12)3-4-9-8(13)5-14-2/h6H,3-5H2,1-2H3,(H,9,13). The molecule has 0 saturated heterocycles. The molecule has 1 rings (SSSR count). The van der Waals surface area contributed by atoms with Gasteiger partial charge in [-0.3, -0.25) is 4.79 Å². The van der Waals surface area contributed by atoms with Crippen LogP contribution in [0.15, 0.2) is 6.33 Å². The maximum absolute atomic E-state index is 11.0. The van der Waals surface area contributed by atoms with Gasteiger partial charge in [0.1, 0.15) is 18.8 Å². The van der Waals surface area contributed by atoms with Gasteiger partial charge in [0.2, 0.25) is 5.91 Å². The molecule has 0 unspecified atom stereocenters. The topological polar surface area (TPSA) is 69.0 Å². The molecular formula is C8H14N4O2. The van der Waals surface area contributed by atoms with Crippen LogP contribution in [0.3, 0.4) is 0 Å². The molecule has 1 heterocycles. The van der Waals surface area contributed by atoms with E-state index in [9.17, 15) is 4.79 Å². The lowest BCUT2D eigenvalue weighted by Gasteiger charge is -2.03. The summed E-state index contributed by atoms with van der Waals surface area (Å²) in [6, 6.07) is 0. The van der Waals surface area contributed by atoms with Crippen LogP contribution >= 0.6 is 0 Å². The predicted octanol–water partition coefficient (Wildman–Crippen LogP) is -0.880. The minimum Gasteiger partial charge on any atom is -0.375 e. The molecule has 1 N–H and O–H groups in total. The van der Waals surface area contributed by atoms with E-state index in [2.05, 4.69) is 20.3 Å². The third kappa shape index (κ3) is 3.14. The van der Waals surface area contributed by atoms with Crippen molar-refractivity contribution in [2.24, 2.45) is 7.05 Å². The van der Waals surface area contributed by atoms with Crippen LogP contribution in [0.5, 0.6) is 0 Å². The van der Waals surface area contributed by atoms with Crippen LogP contribution in [0.4, 0.5) is 0 Å². The maximum atomic E-state index is 11.0. The van der Waals surface area contributed by atoms with E-state index in [1.54, 1.807) is 6.33 Å². The largest absolute Gasteiger partial charge is 0.375 e. The van der Waals surface area contributed by atoms with Gasteiger partial charge in [0.15, 0.2) is 0 Å². The summed E-state index contributed by atoms with van der Waals surface area (Å²) in [5.41, 5.74) is 0. The highest BCUT2D eigenvalue weighted by Gasteiger charge is 2.02. The van der Waals surface area contributed by atoms with Gasteiger partial charge in [0.25, 0.3) is 0 Å². The number of nitrogens with one attached hydrogen (secondary N) is 1. The van der Waals surface area contributed by atoms with Gasteiger partial charge >= 0.3 is 0 Å². The van der Waals surface area contributed by atoms with Crippen molar-refractivity contribution in [2.45, 2.75) is 6.42 Å². The van der Waals surface area contributed by atoms with E-state index in [1.807, 2.05) is 11.6 Å². The first-order chi connectivity index (χ1) is 6.74. The first-order valence-electron chi connectivity index (χ1n) is 4.32. The van der Waals surface area contributed by atoms with E-state index in [4.69, 9.17) is 0 Å². The number of carbonyl (C=O) groups is 1. The quantitative estimate of drug-likeness (QED) is 0.667. The van der Waals surface area contributed by atoms with Crippen LogP contribution in [0.1, 0.15) is 5.82 Å². The average Bonchev–Trinajstić information content (AvgIpc) is 2.52. The van der Waals surface area contributed by atoms with Crippen LogP contribution in [-0.2, 0) is 23.0 Å². The van der Waals surface area contributed by atoms with E-state index in [-0.39, 0.29) is 12.5 Å². The number of ether oxygens (including phenoxy) is 1. The molecule has 0 saturated carbocycles.